The third-order valence-corrected chi connectivity index (χ3v) is 3.98. The lowest BCUT2D eigenvalue weighted by atomic mass is 9.97. The highest BCUT2D eigenvalue weighted by Crippen LogP contribution is 2.28. The van der Waals surface area contributed by atoms with Crippen molar-refractivity contribution in [3.8, 4) is 0 Å². The van der Waals surface area contributed by atoms with Gasteiger partial charge in [-0.25, -0.2) is 0 Å². The van der Waals surface area contributed by atoms with Crippen LogP contribution in [-0.2, 0) is 14.2 Å². The zero-order valence-electron chi connectivity index (χ0n) is 12.0. The standard InChI is InChI=1S/C12H22O11/c13-1-3-5(15)6(16)9(19)12(22-3)23-10-4(2-14)21-11(20)8(18)7(10)17/h3-20H,1-2H2/t3-,4-,5+,6+,7+,8+,9+,10+,11+,12+/m0/s1. The van der Waals surface area contributed by atoms with Crippen LogP contribution in [0.3, 0.4) is 0 Å². The molecule has 0 radical (unpaired) electrons. The lowest BCUT2D eigenvalue weighted by Gasteiger charge is -2.45. The van der Waals surface area contributed by atoms with Crippen molar-refractivity contribution < 1.29 is 55.1 Å². The Labute approximate surface area is 130 Å². The fourth-order valence-corrected chi connectivity index (χ4v) is 2.57. The molecule has 0 saturated carbocycles. The molecule has 2 fully saturated rings. The molecule has 2 heterocycles. The quantitative estimate of drug-likeness (QED) is 0.243. The van der Waals surface area contributed by atoms with Crippen LogP contribution in [0.4, 0.5) is 0 Å². The SMILES string of the molecule is OC[C@@H]1O[C@H](O[C@H]2[C@H](O)[C@@H](O)[C@H](O)O[C@H]2CO)[C@H](O)[C@H](O)[C@@H]1O. The Bertz CT molecular complexity index is 378. The van der Waals surface area contributed by atoms with E-state index in [4.69, 9.17) is 19.3 Å². The summed E-state index contributed by atoms with van der Waals surface area (Å²) < 4.78 is 15.3. The fraction of sp³-hybridized carbons (Fsp3) is 1.00. The molecule has 2 rings (SSSR count). The van der Waals surface area contributed by atoms with Gasteiger partial charge in [0.1, 0.15) is 48.8 Å². The predicted molar refractivity (Wildman–Crippen MR) is 68.6 cm³/mol. The number of ether oxygens (including phenoxy) is 3. The molecule has 0 unspecified atom stereocenters. The summed E-state index contributed by atoms with van der Waals surface area (Å²) in [6.45, 7) is -1.35. The molecule has 11 heteroatoms. The van der Waals surface area contributed by atoms with Gasteiger partial charge in [0.15, 0.2) is 12.6 Å². The van der Waals surface area contributed by atoms with Gasteiger partial charge in [-0.15, -0.1) is 0 Å². The molecule has 2 saturated heterocycles. The summed E-state index contributed by atoms with van der Waals surface area (Å²) in [5.74, 6) is 0. The van der Waals surface area contributed by atoms with Crippen LogP contribution in [0.15, 0.2) is 0 Å². The summed E-state index contributed by atoms with van der Waals surface area (Å²) in [6, 6.07) is 0. The summed E-state index contributed by atoms with van der Waals surface area (Å²) in [4.78, 5) is 0. The van der Waals surface area contributed by atoms with Crippen LogP contribution in [0, 0.1) is 0 Å². The van der Waals surface area contributed by atoms with E-state index in [-0.39, 0.29) is 0 Å². The van der Waals surface area contributed by atoms with E-state index in [2.05, 4.69) is 0 Å². The molecule has 0 aliphatic carbocycles. The molecule has 0 spiro atoms. The minimum absolute atomic E-state index is 0.667. The first-order chi connectivity index (χ1) is 10.8. The van der Waals surface area contributed by atoms with Gasteiger partial charge < -0.3 is 55.1 Å². The molecule has 0 aromatic carbocycles. The Hall–Kier alpha value is -0.440. The van der Waals surface area contributed by atoms with E-state index in [1.165, 1.54) is 0 Å². The van der Waals surface area contributed by atoms with Crippen LogP contribution < -0.4 is 0 Å². The van der Waals surface area contributed by atoms with Crippen molar-refractivity contribution in [1.29, 1.82) is 0 Å². The van der Waals surface area contributed by atoms with E-state index in [9.17, 15) is 35.7 Å². The van der Waals surface area contributed by atoms with E-state index >= 15 is 0 Å². The van der Waals surface area contributed by atoms with Crippen molar-refractivity contribution in [3.05, 3.63) is 0 Å². The summed E-state index contributed by atoms with van der Waals surface area (Å²) in [6.07, 6.45) is -15.6. The third kappa shape index (κ3) is 3.65. The molecular weight excluding hydrogens is 320 g/mol. The normalized spacial score (nSPS) is 51.7. The first-order valence-electron chi connectivity index (χ1n) is 7.08. The van der Waals surface area contributed by atoms with Crippen molar-refractivity contribution in [1.82, 2.24) is 0 Å². The number of aliphatic hydroxyl groups excluding tert-OH is 8. The van der Waals surface area contributed by atoms with Crippen molar-refractivity contribution >= 4 is 0 Å². The lowest BCUT2D eigenvalue weighted by molar-refractivity contribution is -0.355. The predicted octanol–water partition coefficient (Wildman–Crippen LogP) is -5.40. The molecule has 136 valence electrons. The van der Waals surface area contributed by atoms with Gasteiger partial charge in [0, 0.05) is 0 Å². The number of hydrogen-bond acceptors (Lipinski definition) is 11. The van der Waals surface area contributed by atoms with E-state index < -0.39 is 74.6 Å². The molecule has 0 bridgehead atoms. The summed E-state index contributed by atoms with van der Waals surface area (Å²) in [7, 11) is 0. The average molecular weight is 342 g/mol. The third-order valence-electron chi connectivity index (χ3n) is 3.98. The van der Waals surface area contributed by atoms with E-state index in [1.807, 2.05) is 0 Å². The minimum Gasteiger partial charge on any atom is -0.394 e. The van der Waals surface area contributed by atoms with Crippen LogP contribution in [-0.4, -0.2) is 115 Å². The van der Waals surface area contributed by atoms with E-state index in [0.717, 1.165) is 0 Å². The average Bonchev–Trinajstić information content (AvgIpc) is 2.55. The summed E-state index contributed by atoms with van der Waals surface area (Å²) >= 11 is 0. The van der Waals surface area contributed by atoms with Gasteiger partial charge in [-0.1, -0.05) is 0 Å². The highest BCUT2D eigenvalue weighted by Gasteiger charge is 2.50. The topological polar surface area (TPSA) is 190 Å². The first-order valence-corrected chi connectivity index (χ1v) is 7.08. The zero-order chi connectivity index (χ0) is 17.3. The van der Waals surface area contributed by atoms with E-state index in [1.54, 1.807) is 0 Å². The molecule has 0 aromatic rings. The van der Waals surface area contributed by atoms with Crippen LogP contribution in [0.25, 0.3) is 0 Å². The monoisotopic (exact) mass is 342 g/mol. The van der Waals surface area contributed by atoms with Gasteiger partial charge in [-0.2, -0.15) is 0 Å². The molecule has 2 aliphatic rings. The largest absolute Gasteiger partial charge is 0.394 e. The lowest BCUT2D eigenvalue weighted by Crippen LogP contribution is -2.64. The van der Waals surface area contributed by atoms with Gasteiger partial charge in [-0.05, 0) is 0 Å². The Balaban J connectivity index is 2.11. The molecule has 23 heavy (non-hydrogen) atoms. The van der Waals surface area contributed by atoms with Gasteiger partial charge in [-0.3, -0.25) is 0 Å². The van der Waals surface area contributed by atoms with Crippen molar-refractivity contribution in [3.63, 3.8) is 0 Å². The Kier molecular flexibility index (Phi) is 6.27. The van der Waals surface area contributed by atoms with Crippen LogP contribution in [0.5, 0.6) is 0 Å². The second-order valence-corrected chi connectivity index (χ2v) is 5.53. The molecule has 2 aliphatic heterocycles. The van der Waals surface area contributed by atoms with E-state index in [0.29, 0.717) is 0 Å². The van der Waals surface area contributed by atoms with Gasteiger partial charge in [0.05, 0.1) is 13.2 Å². The van der Waals surface area contributed by atoms with Crippen LogP contribution in [0.1, 0.15) is 0 Å². The Morgan fingerprint density at radius 1 is 0.652 bits per heavy atom. The molecule has 10 atom stereocenters. The molecule has 0 aromatic heterocycles. The number of hydrogen-bond donors (Lipinski definition) is 8. The molecule has 8 N–H and O–H groups in total. The maximum atomic E-state index is 9.94. The second-order valence-electron chi connectivity index (χ2n) is 5.53. The highest BCUT2D eigenvalue weighted by molar-refractivity contribution is 4.93. The van der Waals surface area contributed by atoms with Crippen LogP contribution >= 0.6 is 0 Å². The fourth-order valence-electron chi connectivity index (χ4n) is 2.57. The van der Waals surface area contributed by atoms with Crippen molar-refractivity contribution in [2.24, 2.45) is 0 Å². The number of aliphatic hydroxyl groups is 8. The Morgan fingerprint density at radius 3 is 1.83 bits per heavy atom. The molecular formula is C12H22O11. The number of rotatable bonds is 4. The maximum Gasteiger partial charge on any atom is 0.187 e. The summed E-state index contributed by atoms with van der Waals surface area (Å²) in [5, 5.41) is 76.5. The van der Waals surface area contributed by atoms with Gasteiger partial charge in [0.2, 0.25) is 0 Å². The Morgan fingerprint density at radius 2 is 1.26 bits per heavy atom. The first kappa shape index (κ1) is 18.9. The molecule has 11 nitrogen and oxygen atoms in total. The minimum atomic E-state index is -1.74. The van der Waals surface area contributed by atoms with Gasteiger partial charge in [0.25, 0.3) is 0 Å². The van der Waals surface area contributed by atoms with Crippen molar-refractivity contribution in [2.75, 3.05) is 13.2 Å². The highest BCUT2D eigenvalue weighted by atomic mass is 16.7. The maximum absolute atomic E-state index is 9.94. The van der Waals surface area contributed by atoms with Crippen LogP contribution in [0.2, 0.25) is 0 Å². The zero-order valence-corrected chi connectivity index (χ0v) is 12.0. The van der Waals surface area contributed by atoms with Gasteiger partial charge >= 0.3 is 0 Å². The smallest absolute Gasteiger partial charge is 0.187 e. The summed E-state index contributed by atoms with van der Waals surface area (Å²) in [5.41, 5.74) is 0. The molecule has 0 amide bonds. The second kappa shape index (κ2) is 7.63. The van der Waals surface area contributed by atoms with Crippen molar-refractivity contribution in [2.45, 2.75) is 61.4 Å².